The van der Waals surface area contributed by atoms with E-state index >= 15 is 0 Å². The number of esters is 3. The van der Waals surface area contributed by atoms with E-state index in [1.165, 1.54) is 218 Å². The van der Waals surface area contributed by atoms with Crippen molar-refractivity contribution in [1.82, 2.24) is 0 Å². The monoisotopic (exact) mass is 891 g/mol. The molecular weight excluding hydrogens is 781 g/mol. The highest BCUT2D eigenvalue weighted by Crippen LogP contribution is 2.18. The highest BCUT2D eigenvalue weighted by Gasteiger charge is 2.19. The molecule has 0 aromatic carbocycles. The van der Waals surface area contributed by atoms with Crippen LogP contribution < -0.4 is 0 Å². The van der Waals surface area contributed by atoms with Crippen LogP contribution in [0.4, 0.5) is 0 Å². The van der Waals surface area contributed by atoms with E-state index in [4.69, 9.17) is 14.2 Å². The van der Waals surface area contributed by atoms with Gasteiger partial charge in [-0.15, -0.1) is 0 Å². The topological polar surface area (TPSA) is 78.9 Å². The summed E-state index contributed by atoms with van der Waals surface area (Å²) in [5.74, 6) is 0.0286. The van der Waals surface area contributed by atoms with Crippen LogP contribution in [0.5, 0.6) is 0 Å². The summed E-state index contributed by atoms with van der Waals surface area (Å²) >= 11 is 0. The lowest BCUT2D eigenvalue weighted by Crippen LogP contribution is -2.30. The number of ether oxygens (including phenoxy) is 3. The van der Waals surface area contributed by atoms with Crippen LogP contribution in [-0.4, -0.2) is 37.2 Å². The number of rotatable bonds is 52. The first-order valence-electron chi connectivity index (χ1n) is 28.4. The van der Waals surface area contributed by atoms with Gasteiger partial charge in [0.15, 0.2) is 6.10 Å². The molecule has 63 heavy (non-hydrogen) atoms. The van der Waals surface area contributed by atoms with Crippen LogP contribution in [0.3, 0.4) is 0 Å². The number of unbranched alkanes of at least 4 members (excludes halogenated alkanes) is 38. The predicted octanol–water partition coefficient (Wildman–Crippen LogP) is 18.6. The van der Waals surface area contributed by atoms with E-state index in [0.717, 1.165) is 63.7 Å². The lowest BCUT2D eigenvalue weighted by atomic mass is 9.99. The molecule has 0 fully saturated rings. The van der Waals surface area contributed by atoms with Gasteiger partial charge in [0, 0.05) is 19.3 Å². The molecule has 0 radical (unpaired) electrons. The molecule has 6 nitrogen and oxygen atoms in total. The minimum atomic E-state index is -0.761. The van der Waals surface area contributed by atoms with E-state index in [2.05, 4.69) is 27.7 Å². The molecule has 0 bridgehead atoms. The fourth-order valence-electron chi connectivity index (χ4n) is 8.72. The van der Waals surface area contributed by atoms with E-state index < -0.39 is 6.10 Å². The molecule has 0 amide bonds. The van der Waals surface area contributed by atoms with E-state index in [0.29, 0.717) is 19.3 Å². The van der Waals surface area contributed by atoms with Gasteiger partial charge in [-0.2, -0.15) is 0 Å². The SMILES string of the molecule is CCCCCCCCCCCCCCCCCCCCCC(=O)OC[C@@H](COC(=O)CCCCCCCCCCCCCC)OC(=O)CCCCCCCCCCCCC(C)CC. The molecule has 0 spiro atoms. The maximum absolute atomic E-state index is 12.8. The third kappa shape index (κ3) is 49.7. The van der Waals surface area contributed by atoms with E-state index in [9.17, 15) is 14.4 Å². The van der Waals surface area contributed by atoms with Crippen LogP contribution in [0.2, 0.25) is 0 Å². The van der Waals surface area contributed by atoms with Crippen LogP contribution in [0, 0.1) is 5.92 Å². The molecule has 0 N–H and O–H groups in total. The Balaban J connectivity index is 4.26. The van der Waals surface area contributed by atoms with Gasteiger partial charge < -0.3 is 14.2 Å². The number of carbonyl (C=O) groups excluding carboxylic acids is 3. The van der Waals surface area contributed by atoms with Crippen molar-refractivity contribution in [3.05, 3.63) is 0 Å². The van der Waals surface area contributed by atoms with Crippen LogP contribution in [0.25, 0.3) is 0 Å². The quantitative estimate of drug-likeness (QED) is 0.0344. The molecular formula is C57H110O6. The van der Waals surface area contributed by atoms with Crippen LogP contribution in [-0.2, 0) is 28.6 Å². The molecule has 0 aromatic rings. The van der Waals surface area contributed by atoms with Crippen LogP contribution in [0.15, 0.2) is 0 Å². The maximum atomic E-state index is 12.8. The summed E-state index contributed by atoms with van der Waals surface area (Å²) in [7, 11) is 0. The van der Waals surface area contributed by atoms with Crippen molar-refractivity contribution in [1.29, 1.82) is 0 Å². The summed E-state index contributed by atoms with van der Waals surface area (Å²) in [5.41, 5.74) is 0. The molecule has 0 heterocycles. The number of carbonyl (C=O) groups is 3. The summed E-state index contributed by atoms with van der Waals surface area (Å²) in [6.07, 6.45) is 55.1. The predicted molar refractivity (Wildman–Crippen MR) is 270 cm³/mol. The van der Waals surface area contributed by atoms with Gasteiger partial charge in [-0.3, -0.25) is 14.4 Å². The average Bonchev–Trinajstić information content (AvgIpc) is 3.28. The molecule has 2 atom stereocenters. The van der Waals surface area contributed by atoms with Gasteiger partial charge in [0.25, 0.3) is 0 Å². The van der Waals surface area contributed by atoms with Gasteiger partial charge in [-0.05, 0) is 25.2 Å². The van der Waals surface area contributed by atoms with Gasteiger partial charge in [0.1, 0.15) is 13.2 Å². The molecule has 0 aliphatic carbocycles. The minimum Gasteiger partial charge on any atom is -0.462 e. The molecule has 0 saturated carbocycles. The third-order valence-electron chi connectivity index (χ3n) is 13.4. The normalized spacial score (nSPS) is 12.4. The first kappa shape index (κ1) is 61.4. The van der Waals surface area contributed by atoms with Gasteiger partial charge in [0.05, 0.1) is 0 Å². The van der Waals surface area contributed by atoms with Crippen molar-refractivity contribution in [3.63, 3.8) is 0 Å². The zero-order chi connectivity index (χ0) is 45.9. The number of hydrogen-bond acceptors (Lipinski definition) is 6. The van der Waals surface area contributed by atoms with Gasteiger partial charge in [-0.25, -0.2) is 0 Å². The highest BCUT2D eigenvalue weighted by atomic mass is 16.6. The van der Waals surface area contributed by atoms with Crippen molar-refractivity contribution >= 4 is 17.9 Å². The Morgan fingerprint density at radius 2 is 0.556 bits per heavy atom. The Morgan fingerprint density at radius 1 is 0.317 bits per heavy atom. The van der Waals surface area contributed by atoms with E-state index in [1.54, 1.807) is 0 Å². The van der Waals surface area contributed by atoms with Crippen LogP contribution in [0.1, 0.15) is 323 Å². The Kier molecular flexibility index (Phi) is 50.1. The summed E-state index contributed by atoms with van der Waals surface area (Å²) in [5, 5.41) is 0. The third-order valence-corrected chi connectivity index (χ3v) is 13.4. The Labute approximate surface area is 393 Å². The van der Waals surface area contributed by atoms with Crippen molar-refractivity contribution in [2.75, 3.05) is 13.2 Å². The van der Waals surface area contributed by atoms with Crippen LogP contribution >= 0.6 is 0 Å². The Bertz CT molecular complexity index is 951. The van der Waals surface area contributed by atoms with Crippen molar-refractivity contribution < 1.29 is 28.6 Å². The van der Waals surface area contributed by atoms with Crippen molar-refractivity contribution in [3.8, 4) is 0 Å². The fourth-order valence-corrected chi connectivity index (χ4v) is 8.72. The molecule has 0 aliphatic rings. The molecule has 0 aromatic heterocycles. The molecule has 374 valence electrons. The second-order valence-electron chi connectivity index (χ2n) is 19.8. The van der Waals surface area contributed by atoms with E-state index in [-0.39, 0.29) is 31.1 Å². The number of hydrogen-bond donors (Lipinski definition) is 0. The summed E-state index contributed by atoms with van der Waals surface area (Å²) in [6, 6.07) is 0. The van der Waals surface area contributed by atoms with Gasteiger partial charge in [0.2, 0.25) is 0 Å². The lowest BCUT2D eigenvalue weighted by Gasteiger charge is -2.18. The lowest BCUT2D eigenvalue weighted by molar-refractivity contribution is -0.167. The van der Waals surface area contributed by atoms with Crippen molar-refractivity contribution in [2.24, 2.45) is 5.92 Å². The van der Waals surface area contributed by atoms with Crippen molar-refractivity contribution in [2.45, 2.75) is 329 Å². The second-order valence-corrected chi connectivity index (χ2v) is 19.8. The smallest absolute Gasteiger partial charge is 0.306 e. The molecule has 1 unspecified atom stereocenters. The molecule has 0 saturated heterocycles. The Morgan fingerprint density at radius 3 is 0.825 bits per heavy atom. The largest absolute Gasteiger partial charge is 0.462 e. The standard InChI is InChI=1S/C57H110O6/c1-5-8-10-12-14-16-18-20-21-22-23-24-25-26-28-33-37-41-45-49-56(59)62-52-54(51-61-55(58)48-44-40-36-32-27-19-17-15-13-11-9-6-2)63-57(60)50-46-42-38-34-30-29-31-35-39-43-47-53(4)7-3/h53-54H,5-52H2,1-4H3/t53?,54-/m1/s1. The van der Waals surface area contributed by atoms with Gasteiger partial charge in [-0.1, -0.05) is 285 Å². The summed E-state index contributed by atoms with van der Waals surface area (Å²) < 4.78 is 16.9. The Hall–Kier alpha value is -1.59. The molecule has 0 rings (SSSR count). The van der Waals surface area contributed by atoms with Gasteiger partial charge >= 0.3 is 17.9 Å². The van der Waals surface area contributed by atoms with E-state index in [1.807, 2.05) is 0 Å². The second kappa shape index (κ2) is 51.4. The zero-order valence-corrected chi connectivity index (χ0v) is 43.0. The minimum absolute atomic E-state index is 0.0623. The summed E-state index contributed by atoms with van der Waals surface area (Å²) in [6.45, 7) is 9.07. The maximum Gasteiger partial charge on any atom is 0.306 e. The average molecular weight is 892 g/mol. The first-order chi connectivity index (χ1) is 30.9. The zero-order valence-electron chi connectivity index (χ0n) is 43.0. The first-order valence-corrected chi connectivity index (χ1v) is 28.4. The molecule has 0 aliphatic heterocycles. The summed E-state index contributed by atoms with van der Waals surface area (Å²) in [4.78, 5) is 38.1. The molecule has 6 heteroatoms. The fraction of sp³-hybridized carbons (Fsp3) is 0.947. The highest BCUT2D eigenvalue weighted by molar-refractivity contribution is 5.71.